The Kier molecular flexibility index (Phi) is 5.12. The molecule has 1 aliphatic heterocycles. The highest BCUT2D eigenvalue weighted by Crippen LogP contribution is 2.11. The number of aryl methyl sites for hydroxylation is 1. The van der Waals surface area contributed by atoms with Crippen LogP contribution in [0.4, 0.5) is 0 Å². The molecule has 8 nitrogen and oxygen atoms in total. The zero-order chi connectivity index (χ0) is 15.2. The summed E-state index contributed by atoms with van der Waals surface area (Å²) in [6.45, 7) is 5.99. The summed E-state index contributed by atoms with van der Waals surface area (Å²) in [4.78, 5) is 10.7. The van der Waals surface area contributed by atoms with Crippen molar-refractivity contribution in [1.29, 1.82) is 0 Å². The van der Waals surface area contributed by atoms with Gasteiger partial charge in [-0.15, -0.1) is 0 Å². The number of rotatable bonds is 7. The first kappa shape index (κ1) is 15.1. The Morgan fingerprint density at radius 2 is 2.36 bits per heavy atom. The number of morpholine rings is 1. The SMILES string of the molecule is CCCCc1nc(CN2CCOC(Cn3cncn3)C2)no1. The molecule has 1 unspecified atom stereocenters. The Balaban J connectivity index is 1.50. The molecule has 0 aliphatic carbocycles. The van der Waals surface area contributed by atoms with Gasteiger partial charge in [0.1, 0.15) is 12.7 Å². The lowest BCUT2D eigenvalue weighted by Gasteiger charge is -2.31. The average Bonchev–Trinajstić information content (AvgIpc) is 3.17. The van der Waals surface area contributed by atoms with E-state index in [0.717, 1.165) is 44.1 Å². The van der Waals surface area contributed by atoms with E-state index in [4.69, 9.17) is 9.26 Å². The highest BCUT2D eigenvalue weighted by Gasteiger charge is 2.22. The molecule has 2 aromatic heterocycles. The predicted octanol–water partition coefficient (Wildman–Crippen LogP) is 0.905. The number of hydrogen-bond donors (Lipinski definition) is 0. The van der Waals surface area contributed by atoms with Gasteiger partial charge in [0.05, 0.1) is 25.8 Å². The second-order valence-corrected chi connectivity index (χ2v) is 5.55. The predicted molar refractivity (Wildman–Crippen MR) is 77.9 cm³/mol. The first-order valence-corrected chi connectivity index (χ1v) is 7.81. The molecule has 8 heteroatoms. The Labute approximate surface area is 129 Å². The lowest BCUT2D eigenvalue weighted by molar-refractivity contribution is -0.0411. The topological polar surface area (TPSA) is 82.1 Å². The van der Waals surface area contributed by atoms with E-state index in [1.165, 1.54) is 6.33 Å². The van der Waals surface area contributed by atoms with E-state index in [9.17, 15) is 0 Å². The molecule has 0 radical (unpaired) electrons. The molecule has 22 heavy (non-hydrogen) atoms. The smallest absolute Gasteiger partial charge is 0.226 e. The van der Waals surface area contributed by atoms with Crippen molar-refractivity contribution in [3.8, 4) is 0 Å². The van der Waals surface area contributed by atoms with Crippen LogP contribution in [0.15, 0.2) is 17.2 Å². The van der Waals surface area contributed by atoms with Gasteiger partial charge in [0.15, 0.2) is 5.82 Å². The van der Waals surface area contributed by atoms with E-state index in [0.29, 0.717) is 19.7 Å². The van der Waals surface area contributed by atoms with Crippen molar-refractivity contribution < 1.29 is 9.26 Å². The zero-order valence-electron chi connectivity index (χ0n) is 12.9. The van der Waals surface area contributed by atoms with Crippen LogP contribution in [0.2, 0.25) is 0 Å². The van der Waals surface area contributed by atoms with Crippen LogP contribution in [0, 0.1) is 0 Å². The van der Waals surface area contributed by atoms with Crippen LogP contribution in [0.1, 0.15) is 31.5 Å². The van der Waals surface area contributed by atoms with Crippen LogP contribution in [0.5, 0.6) is 0 Å². The normalized spacial score (nSPS) is 19.6. The molecule has 0 spiro atoms. The third-order valence-corrected chi connectivity index (χ3v) is 3.70. The molecule has 2 aromatic rings. The van der Waals surface area contributed by atoms with Gasteiger partial charge in [0, 0.05) is 19.5 Å². The van der Waals surface area contributed by atoms with Gasteiger partial charge in [-0.1, -0.05) is 18.5 Å². The summed E-state index contributed by atoms with van der Waals surface area (Å²) in [6.07, 6.45) is 6.44. The summed E-state index contributed by atoms with van der Waals surface area (Å²) < 4.78 is 12.9. The van der Waals surface area contributed by atoms with Crippen molar-refractivity contribution in [2.24, 2.45) is 0 Å². The van der Waals surface area contributed by atoms with Gasteiger partial charge < -0.3 is 9.26 Å². The van der Waals surface area contributed by atoms with Crippen molar-refractivity contribution in [2.75, 3.05) is 19.7 Å². The largest absolute Gasteiger partial charge is 0.374 e. The highest BCUT2D eigenvalue weighted by atomic mass is 16.5. The molecule has 0 saturated carbocycles. The maximum atomic E-state index is 5.78. The molecule has 1 fully saturated rings. The molecule has 0 aromatic carbocycles. The Hall–Kier alpha value is -1.80. The van der Waals surface area contributed by atoms with Gasteiger partial charge in [-0.05, 0) is 6.42 Å². The number of nitrogens with zero attached hydrogens (tertiary/aromatic N) is 6. The lowest BCUT2D eigenvalue weighted by atomic mass is 10.2. The van der Waals surface area contributed by atoms with E-state index < -0.39 is 0 Å². The van der Waals surface area contributed by atoms with Crippen LogP contribution >= 0.6 is 0 Å². The Bertz CT molecular complexity index is 555. The second kappa shape index (κ2) is 7.46. The van der Waals surface area contributed by atoms with Gasteiger partial charge >= 0.3 is 0 Å². The van der Waals surface area contributed by atoms with Crippen LogP contribution in [-0.4, -0.2) is 55.6 Å². The summed E-state index contributed by atoms with van der Waals surface area (Å²) in [7, 11) is 0. The Morgan fingerprint density at radius 1 is 1.41 bits per heavy atom. The third kappa shape index (κ3) is 4.11. The minimum atomic E-state index is 0.113. The van der Waals surface area contributed by atoms with Gasteiger partial charge in [-0.2, -0.15) is 10.1 Å². The summed E-state index contributed by atoms with van der Waals surface area (Å²) in [5, 5.41) is 8.19. The van der Waals surface area contributed by atoms with E-state index in [1.54, 1.807) is 11.0 Å². The van der Waals surface area contributed by atoms with Gasteiger partial charge in [0.25, 0.3) is 0 Å². The number of ether oxygens (including phenoxy) is 1. The summed E-state index contributed by atoms with van der Waals surface area (Å²) in [5.41, 5.74) is 0. The molecular weight excluding hydrogens is 284 g/mol. The molecule has 1 atom stereocenters. The van der Waals surface area contributed by atoms with Crippen molar-refractivity contribution in [1.82, 2.24) is 29.8 Å². The number of unbranched alkanes of at least 4 members (excludes halogenated alkanes) is 1. The second-order valence-electron chi connectivity index (χ2n) is 5.55. The molecule has 1 aliphatic rings. The zero-order valence-corrected chi connectivity index (χ0v) is 12.9. The van der Waals surface area contributed by atoms with Crippen LogP contribution in [0.25, 0.3) is 0 Å². The van der Waals surface area contributed by atoms with E-state index >= 15 is 0 Å². The van der Waals surface area contributed by atoms with Crippen molar-refractivity contribution in [2.45, 2.75) is 45.4 Å². The first-order chi connectivity index (χ1) is 10.8. The lowest BCUT2D eigenvalue weighted by Crippen LogP contribution is -2.43. The fourth-order valence-electron chi connectivity index (χ4n) is 2.55. The number of hydrogen-bond acceptors (Lipinski definition) is 7. The number of aromatic nitrogens is 5. The van der Waals surface area contributed by atoms with Gasteiger partial charge in [-0.25, -0.2) is 4.98 Å². The maximum Gasteiger partial charge on any atom is 0.226 e. The molecule has 0 N–H and O–H groups in total. The standard InChI is InChI=1S/C14H22N6O2/c1-2-3-4-14-17-13(18-22-14)9-19-5-6-21-12(7-19)8-20-11-15-10-16-20/h10-12H,2-9H2,1H3. The van der Waals surface area contributed by atoms with E-state index in [2.05, 4.69) is 32.0 Å². The fourth-order valence-corrected chi connectivity index (χ4v) is 2.55. The quantitative estimate of drug-likeness (QED) is 0.751. The molecule has 3 heterocycles. The first-order valence-electron chi connectivity index (χ1n) is 7.81. The van der Waals surface area contributed by atoms with Gasteiger partial charge in [-0.3, -0.25) is 9.58 Å². The summed E-state index contributed by atoms with van der Waals surface area (Å²) in [5.74, 6) is 1.50. The molecule has 3 rings (SSSR count). The molecule has 1 saturated heterocycles. The third-order valence-electron chi connectivity index (χ3n) is 3.70. The highest BCUT2D eigenvalue weighted by molar-refractivity contribution is 4.87. The van der Waals surface area contributed by atoms with Crippen molar-refractivity contribution in [3.63, 3.8) is 0 Å². The summed E-state index contributed by atoms with van der Waals surface area (Å²) in [6, 6.07) is 0. The summed E-state index contributed by atoms with van der Waals surface area (Å²) >= 11 is 0. The van der Waals surface area contributed by atoms with Gasteiger partial charge in [0.2, 0.25) is 5.89 Å². The molecule has 120 valence electrons. The average molecular weight is 306 g/mol. The van der Waals surface area contributed by atoms with Crippen molar-refractivity contribution >= 4 is 0 Å². The van der Waals surface area contributed by atoms with Crippen LogP contribution in [0.3, 0.4) is 0 Å². The monoisotopic (exact) mass is 306 g/mol. The minimum Gasteiger partial charge on any atom is -0.374 e. The Morgan fingerprint density at radius 3 is 3.18 bits per heavy atom. The van der Waals surface area contributed by atoms with Crippen LogP contribution < -0.4 is 0 Å². The molecule has 0 amide bonds. The molecular formula is C14H22N6O2. The van der Waals surface area contributed by atoms with E-state index in [1.807, 2.05) is 0 Å². The van der Waals surface area contributed by atoms with Crippen molar-refractivity contribution in [3.05, 3.63) is 24.4 Å². The minimum absolute atomic E-state index is 0.113. The van der Waals surface area contributed by atoms with E-state index in [-0.39, 0.29) is 6.10 Å². The fraction of sp³-hybridized carbons (Fsp3) is 0.714. The molecule has 0 bridgehead atoms. The maximum absolute atomic E-state index is 5.78. The van der Waals surface area contributed by atoms with Crippen LogP contribution in [-0.2, 0) is 24.2 Å².